The van der Waals surface area contributed by atoms with Gasteiger partial charge < -0.3 is 0 Å². The number of hydrogen-bond acceptors (Lipinski definition) is 0. The Balaban J connectivity index is 2.38. The minimum Gasteiger partial charge on any atom is -0.0876 e. The molecule has 0 nitrogen and oxygen atoms in total. The van der Waals surface area contributed by atoms with Gasteiger partial charge in [-0.3, -0.25) is 0 Å². The minimum atomic E-state index is -0.178. The van der Waals surface area contributed by atoms with E-state index in [9.17, 15) is 0 Å². The largest absolute Gasteiger partial charge is 0.0876 e. The highest BCUT2D eigenvalue weighted by Gasteiger charge is 2.34. The first kappa shape index (κ1) is 16.7. The molecule has 3 aromatic rings. The van der Waals surface area contributed by atoms with Gasteiger partial charge in [0.15, 0.2) is 0 Å². The van der Waals surface area contributed by atoms with Gasteiger partial charge in [0, 0.05) is 5.33 Å². The minimum absolute atomic E-state index is 0.178. The number of halogens is 2. The summed E-state index contributed by atoms with van der Waals surface area (Å²) < 4.78 is -0.178. The number of benzene rings is 3. The van der Waals surface area contributed by atoms with Gasteiger partial charge >= 0.3 is 0 Å². The summed E-state index contributed by atoms with van der Waals surface area (Å²) in [5.41, 5.74) is 5.38. The van der Waals surface area contributed by atoms with Crippen molar-refractivity contribution < 1.29 is 0 Å². The Morgan fingerprint density at radius 3 is 2.30 bits per heavy atom. The van der Waals surface area contributed by atoms with Crippen LogP contribution in [0.4, 0.5) is 0 Å². The Bertz CT molecular complexity index is 838. The van der Waals surface area contributed by atoms with E-state index in [1.807, 2.05) is 0 Å². The van der Waals surface area contributed by atoms with Crippen molar-refractivity contribution in [1.29, 1.82) is 0 Å². The maximum absolute atomic E-state index is 4.14. The van der Waals surface area contributed by atoms with Crippen molar-refractivity contribution in [3.05, 3.63) is 82.9 Å². The lowest BCUT2D eigenvalue weighted by Gasteiger charge is -2.32. The molecule has 118 valence electrons. The average Bonchev–Trinajstić information content (AvgIpc) is 2.60. The van der Waals surface area contributed by atoms with E-state index < -0.39 is 0 Å². The SMILES string of the molecule is CCC(Br)(c1ccccc1C)c1c(CBr)ccc2ccccc12. The second-order valence-corrected chi connectivity index (χ2v) is 7.84. The molecule has 0 bridgehead atoms. The van der Waals surface area contributed by atoms with Crippen LogP contribution in [0.3, 0.4) is 0 Å². The Hall–Kier alpha value is -1.12. The van der Waals surface area contributed by atoms with Crippen LogP contribution in [0.15, 0.2) is 60.7 Å². The van der Waals surface area contributed by atoms with Gasteiger partial charge in [-0.1, -0.05) is 99.4 Å². The van der Waals surface area contributed by atoms with Gasteiger partial charge in [0.05, 0.1) is 4.32 Å². The second kappa shape index (κ2) is 6.78. The monoisotopic (exact) mass is 430 g/mol. The first-order valence-electron chi connectivity index (χ1n) is 7.94. The van der Waals surface area contributed by atoms with E-state index in [1.165, 1.54) is 33.0 Å². The van der Waals surface area contributed by atoms with Crippen molar-refractivity contribution in [2.75, 3.05) is 0 Å². The summed E-state index contributed by atoms with van der Waals surface area (Å²) in [5, 5.41) is 3.47. The lowest BCUT2D eigenvalue weighted by Crippen LogP contribution is -2.22. The molecular weight excluding hydrogens is 412 g/mol. The zero-order chi connectivity index (χ0) is 16.4. The maximum atomic E-state index is 4.14. The van der Waals surface area contributed by atoms with Gasteiger partial charge in [0.1, 0.15) is 0 Å². The molecule has 0 fully saturated rings. The molecule has 1 unspecified atom stereocenters. The van der Waals surface area contributed by atoms with Crippen LogP contribution in [0.2, 0.25) is 0 Å². The molecule has 0 saturated carbocycles. The molecule has 0 spiro atoms. The molecule has 0 aliphatic heterocycles. The van der Waals surface area contributed by atoms with Gasteiger partial charge in [0.2, 0.25) is 0 Å². The molecule has 2 heteroatoms. The van der Waals surface area contributed by atoms with Crippen LogP contribution in [-0.2, 0) is 9.65 Å². The maximum Gasteiger partial charge on any atom is 0.0763 e. The summed E-state index contributed by atoms with van der Waals surface area (Å²) in [5.74, 6) is 0. The van der Waals surface area contributed by atoms with E-state index in [0.29, 0.717) is 0 Å². The molecule has 0 aliphatic carbocycles. The first-order chi connectivity index (χ1) is 11.1. The number of hydrogen-bond donors (Lipinski definition) is 0. The predicted octanol–water partition coefficient (Wildman–Crippen LogP) is 7.09. The predicted molar refractivity (Wildman–Crippen MR) is 108 cm³/mol. The Morgan fingerprint density at radius 2 is 1.61 bits per heavy atom. The van der Waals surface area contributed by atoms with E-state index >= 15 is 0 Å². The Labute approximate surface area is 155 Å². The number of alkyl halides is 2. The van der Waals surface area contributed by atoms with E-state index in [-0.39, 0.29) is 4.32 Å². The topological polar surface area (TPSA) is 0 Å². The molecule has 0 aliphatic rings. The molecular formula is C21H20Br2. The first-order valence-corrected chi connectivity index (χ1v) is 9.85. The quantitative estimate of drug-likeness (QED) is 0.386. The fraction of sp³-hybridized carbons (Fsp3) is 0.238. The van der Waals surface area contributed by atoms with Crippen LogP contribution >= 0.6 is 31.9 Å². The highest BCUT2D eigenvalue weighted by atomic mass is 79.9. The van der Waals surface area contributed by atoms with Gasteiger partial charge in [-0.25, -0.2) is 0 Å². The third-order valence-electron chi connectivity index (χ3n) is 4.61. The molecule has 0 aromatic heterocycles. The van der Waals surface area contributed by atoms with Crippen molar-refractivity contribution in [3.8, 4) is 0 Å². The average molecular weight is 432 g/mol. The van der Waals surface area contributed by atoms with E-state index in [4.69, 9.17) is 0 Å². The summed E-state index contributed by atoms with van der Waals surface area (Å²) in [6.07, 6.45) is 0.992. The van der Waals surface area contributed by atoms with E-state index in [1.54, 1.807) is 0 Å². The van der Waals surface area contributed by atoms with Crippen LogP contribution in [0.25, 0.3) is 10.8 Å². The smallest absolute Gasteiger partial charge is 0.0763 e. The Kier molecular flexibility index (Phi) is 4.93. The van der Waals surface area contributed by atoms with Crippen LogP contribution < -0.4 is 0 Å². The fourth-order valence-corrected chi connectivity index (χ4v) is 4.80. The summed E-state index contributed by atoms with van der Waals surface area (Å²) in [7, 11) is 0. The summed E-state index contributed by atoms with van der Waals surface area (Å²) >= 11 is 7.83. The number of aryl methyl sites for hydroxylation is 1. The number of fused-ring (bicyclic) bond motifs is 1. The van der Waals surface area contributed by atoms with Crippen molar-refractivity contribution in [2.45, 2.75) is 29.9 Å². The highest BCUT2D eigenvalue weighted by Crippen LogP contribution is 2.47. The van der Waals surface area contributed by atoms with Gasteiger partial charge in [-0.2, -0.15) is 0 Å². The zero-order valence-corrected chi connectivity index (χ0v) is 16.6. The fourth-order valence-electron chi connectivity index (χ4n) is 3.42. The molecule has 0 radical (unpaired) electrons. The van der Waals surface area contributed by atoms with Gasteiger partial charge in [-0.05, 0) is 46.4 Å². The summed E-state index contributed by atoms with van der Waals surface area (Å²) in [4.78, 5) is 0. The van der Waals surface area contributed by atoms with Crippen LogP contribution in [0.1, 0.15) is 35.6 Å². The second-order valence-electron chi connectivity index (χ2n) is 5.92. The zero-order valence-electron chi connectivity index (χ0n) is 13.4. The highest BCUT2D eigenvalue weighted by molar-refractivity contribution is 9.09. The van der Waals surface area contributed by atoms with Gasteiger partial charge in [-0.15, -0.1) is 0 Å². The molecule has 0 saturated heterocycles. The molecule has 3 aromatic carbocycles. The van der Waals surface area contributed by atoms with Crippen LogP contribution in [0, 0.1) is 6.92 Å². The normalized spacial score (nSPS) is 13.9. The van der Waals surface area contributed by atoms with Crippen LogP contribution in [-0.4, -0.2) is 0 Å². The molecule has 0 amide bonds. The van der Waals surface area contributed by atoms with Crippen LogP contribution in [0.5, 0.6) is 0 Å². The lowest BCUT2D eigenvalue weighted by molar-refractivity contribution is 0.721. The summed E-state index contributed by atoms with van der Waals surface area (Å²) in [6, 6.07) is 21.8. The van der Waals surface area contributed by atoms with E-state index in [2.05, 4.69) is 106 Å². The van der Waals surface area contributed by atoms with E-state index in [0.717, 1.165) is 11.8 Å². The third-order valence-corrected chi connectivity index (χ3v) is 6.60. The third kappa shape index (κ3) is 2.88. The van der Waals surface area contributed by atoms with Gasteiger partial charge in [0.25, 0.3) is 0 Å². The Morgan fingerprint density at radius 1 is 0.913 bits per heavy atom. The molecule has 3 rings (SSSR count). The molecule has 23 heavy (non-hydrogen) atoms. The standard InChI is InChI=1S/C21H20Br2/c1-3-21(23,19-11-7-4-8-15(19)2)20-17(14-22)13-12-16-9-5-6-10-18(16)20/h4-13H,3,14H2,1-2H3. The lowest BCUT2D eigenvalue weighted by atomic mass is 9.81. The molecule has 0 N–H and O–H groups in total. The van der Waals surface area contributed by atoms with Crippen molar-refractivity contribution >= 4 is 42.6 Å². The molecule has 1 atom stereocenters. The number of rotatable bonds is 4. The van der Waals surface area contributed by atoms with Crippen molar-refractivity contribution in [1.82, 2.24) is 0 Å². The summed E-state index contributed by atoms with van der Waals surface area (Å²) in [6.45, 7) is 4.45. The van der Waals surface area contributed by atoms with Crippen molar-refractivity contribution in [3.63, 3.8) is 0 Å². The molecule has 0 heterocycles. The van der Waals surface area contributed by atoms with Crippen molar-refractivity contribution in [2.24, 2.45) is 0 Å².